The summed E-state index contributed by atoms with van der Waals surface area (Å²) in [5.74, 6) is -0.592. The first-order chi connectivity index (χ1) is 9.95. The molecule has 1 amide bonds. The molecular weight excluding hydrogens is 276 g/mol. The number of hydrogen-bond acceptors (Lipinski definition) is 6. The molecule has 21 heavy (non-hydrogen) atoms. The lowest BCUT2D eigenvalue weighted by atomic mass is 9.76. The third-order valence-corrected chi connectivity index (χ3v) is 4.08. The maximum Gasteiger partial charge on any atom is 0.322 e. The van der Waals surface area contributed by atoms with Gasteiger partial charge in [-0.2, -0.15) is 0 Å². The van der Waals surface area contributed by atoms with E-state index in [9.17, 15) is 14.7 Å². The van der Waals surface area contributed by atoms with Gasteiger partial charge in [0.25, 0.3) is 0 Å². The summed E-state index contributed by atoms with van der Waals surface area (Å²) in [6.45, 7) is 4.92. The molecule has 1 aromatic heterocycles. The van der Waals surface area contributed by atoms with Gasteiger partial charge in [0, 0.05) is 6.92 Å². The van der Waals surface area contributed by atoms with Crippen molar-refractivity contribution < 1.29 is 19.1 Å². The molecule has 1 saturated heterocycles. The van der Waals surface area contributed by atoms with E-state index in [2.05, 4.69) is 15.5 Å². The van der Waals surface area contributed by atoms with Crippen LogP contribution in [0.25, 0.3) is 0 Å². The van der Waals surface area contributed by atoms with Gasteiger partial charge in [-0.3, -0.25) is 19.8 Å². The molecule has 2 heterocycles. The molecule has 2 N–H and O–H groups in total. The SMILES string of the molecule is CCC1(C(=O)O)CCN(CC(=O)Nc2nnc(C)o2)CC1. The average molecular weight is 296 g/mol. The first-order valence-corrected chi connectivity index (χ1v) is 7.01. The molecule has 0 radical (unpaired) electrons. The lowest BCUT2D eigenvalue weighted by Gasteiger charge is -2.37. The molecule has 1 aliphatic rings. The van der Waals surface area contributed by atoms with Crippen LogP contribution < -0.4 is 5.32 Å². The van der Waals surface area contributed by atoms with E-state index in [0.717, 1.165) is 0 Å². The fourth-order valence-electron chi connectivity index (χ4n) is 2.57. The minimum absolute atomic E-state index is 0.0861. The summed E-state index contributed by atoms with van der Waals surface area (Å²) in [4.78, 5) is 25.2. The molecule has 0 aliphatic carbocycles. The number of piperidine rings is 1. The fraction of sp³-hybridized carbons (Fsp3) is 0.692. The first kappa shape index (κ1) is 15.4. The van der Waals surface area contributed by atoms with E-state index >= 15 is 0 Å². The van der Waals surface area contributed by atoms with Crippen molar-refractivity contribution in [2.75, 3.05) is 25.0 Å². The Bertz CT molecular complexity index is 520. The van der Waals surface area contributed by atoms with Crippen LogP contribution in [0.2, 0.25) is 0 Å². The highest BCUT2D eigenvalue weighted by Crippen LogP contribution is 2.34. The summed E-state index contributed by atoms with van der Waals surface area (Å²) >= 11 is 0. The molecule has 0 bridgehead atoms. The maximum atomic E-state index is 11.9. The van der Waals surface area contributed by atoms with E-state index in [1.54, 1.807) is 6.92 Å². The number of amides is 1. The lowest BCUT2D eigenvalue weighted by molar-refractivity contribution is -0.152. The number of likely N-dealkylation sites (tertiary alicyclic amines) is 1. The number of carboxylic acid groups (broad SMARTS) is 1. The van der Waals surface area contributed by atoms with Gasteiger partial charge in [0.2, 0.25) is 11.8 Å². The molecule has 2 rings (SSSR count). The molecule has 1 aliphatic heterocycles. The zero-order chi connectivity index (χ0) is 15.5. The van der Waals surface area contributed by atoms with Gasteiger partial charge in [0.15, 0.2) is 0 Å². The molecule has 0 aromatic carbocycles. The van der Waals surface area contributed by atoms with Crippen LogP contribution in [0, 0.1) is 12.3 Å². The molecule has 1 fully saturated rings. The standard InChI is InChI=1S/C13H20N4O4/c1-3-13(11(19)20)4-6-17(7-5-13)8-10(18)14-12-16-15-9(2)21-12/h3-8H2,1-2H3,(H,19,20)(H,14,16,18). The van der Waals surface area contributed by atoms with E-state index in [4.69, 9.17) is 4.42 Å². The highest BCUT2D eigenvalue weighted by atomic mass is 16.4. The highest BCUT2D eigenvalue weighted by Gasteiger charge is 2.40. The number of carbonyl (C=O) groups excluding carboxylic acids is 1. The third-order valence-electron chi connectivity index (χ3n) is 4.08. The predicted molar refractivity (Wildman–Crippen MR) is 73.7 cm³/mol. The smallest absolute Gasteiger partial charge is 0.322 e. The molecular formula is C13H20N4O4. The summed E-state index contributed by atoms with van der Waals surface area (Å²) in [5.41, 5.74) is -0.642. The van der Waals surface area contributed by atoms with Crippen molar-refractivity contribution in [3.05, 3.63) is 5.89 Å². The first-order valence-electron chi connectivity index (χ1n) is 7.01. The number of aliphatic carboxylic acids is 1. The van der Waals surface area contributed by atoms with E-state index in [1.165, 1.54) is 0 Å². The quantitative estimate of drug-likeness (QED) is 0.830. The zero-order valence-electron chi connectivity index (χ0n) is 12.3. The molecule has 0 saturated carbocycles. The van der Waals surface area contributed by atoms with Gasteiger partial charge in [0.05, 0.1) is 12.0 Å². The van der Waals surface area contributed by atoms with Crippen LogP contribution in [-0.4, -0.2) is 51.7 Å². The van der Waals surface area contributed by atoms with E-state index in [1.807, 2.05) is 11.8 Å². The second-order valence-corrected chi connectivity index (χ2v) is 5.39. The van der Waals surface area contributed by atoms with Gasteiger partial charge in [-0.15, -0.1) is 5.10 Å². The molecule has 1 aromatic rings. The Morgan fingerprint density at radius 3 is 2.52 bits per heavy atom. The van der Waals surface area contributed by atoms with Crippen molar-refractivity contribution in [1.82, 2.24) is 15.1 Å². The van der Waals surface area contributed by atoms with Gasteiger partial charge in [-0.1, -0.05) is 12.0 Å². The number of aromatic nitrogens is 2. The maximum absolute atomic E-state index is 11.9. The Labute approximate surface area is 122 Å². The summed E-state index contributed by atoms with van der Waals surface area (Å²) in [5, 5.41) is 19.2. The number of anilines is 1. The summed E-state index contributed by atoms with van der Waals surface area (Å²) in [7, 11) is 0. The molecule has 0 spiro atoms. The topological polar surface area (TPSA) is 109 Å². The Kier molecular flexibility index (Phi) is 4.56. The van der Waals surface area contributed by atoms with Gasteiger partial charge in [0.1, 0.15) is 0 Å². The minimum atomic E-state index is -0.740. The number of hydrogen-bond donors (Lipinski definition) is 2. The van der Waals surface area contributed by atoms with Gasteiger partial charge in [-0.05, 0) is 32.4 Å². The van der Waals surface area contributed by atoms with Crippen LogP contribution in [0.4, 0.5) is 6.01 Å². The molecule has 0 unspecified atom stereocenters. The lowest BCUT2D eigenvalue weighted by Crippen LogP contribution is -2.46. The van der Waals surface area contributed by atoms with Gasteiger partial charge >= 0.3 is 12.0 Å². The predicted octanol–water partition coefficient (Wildman–Crippen LogP) is 0.893. The van der Waals surface area contributed by atoms with Crippen LogP contribution in [0.3, 0.4) is 0 Å². The summed E-state index contributed by atoms with van der Waals surface area (Å²) in [6, 6.07) is 0.0861. The van der Waals surface area contributed by atoms with Crippen molar-refractivity contribution in [3.8, 4) is 0 Å². The number of carboxylic acids is 1. The van der Waals surface area contributed by atoms with Gasteiger partial charge < -0.3 is 9.52 Å². The van der Waals surface area contributed by atoms with Crippen LogP contribution in [0.1, 0.15) is 32.1 Å². The van der Waals surface area contributed by atoms with Crippen LogP contribution >= 0.6 is 0 Å². The van der Waals surface area contributed by atoms with Crippen LogP contribution in [0.5, 0.6) is 0 Å². The Morgan fingerprint density at radius 2 is 2.05 bits per heavy atom. The number of nitrogens with one attached hydrogen (secondary N) is 1. The Morgan fingerprint density at radius 1 is 1.38 bits per heavy atom. The van der Waals surface area contributed by atoms with Crippen molar-refractivity contribution >= 4 is 17.9 Å². The molecule has 116 valence electrons. The fourth-order valence-corrected chi connectivity index (χ4v) is 2.57. The summed E-state index contributed by atoms with van der Waals surface area (Å²) < 4.78 is 5.07. The second kappa shape index (κ2) is 6.21. The third kappa shape index (κ3) is 3.57. The van der Waals surface area contributed by atoms with Crippen molar-refractivity contribution in [2.45, 2.75) is 33.1 Å². The number of carbonyl (C=O) groups is 2. The normalized spacial score (nSPS) is 18.4. The highest BCUT2D eigenvalue weighted by molar-refractivity contribution is 5.90. The second-order valence-electron chi connectivity index (χ2n) is 5.39. The van der Waals surface area contributed by atoms with Crippen molar-refractivity contribution in [3.63, 3.8) is 0 Å². The van der Waals surface area contributed by atoms with E-state index in [-0.39, 0.29) is 18.5 Å². The van der Waals surface area contributed by atoms with E-state index in [0.29, 0.717) is 38.2 Å². The van der Waals surface area contributed by atoms with Crippen LogP contribution in [-0.2, 0) is 9.59 Å². The Hall–Kier alpha value is -1.96. The molecule has 8 nitrogen and oxygen atoms in total. The Balaban J connectivity index is 1.83. The number of aryl methyl sites for hydroxylation is 1. The zero-order valence-corrected chi connectivity index (χ0v) is 12.3. The van der Waals surface area contributed by atoms with Crippen molar-refractivity contribution in [1.29, 1.82) is 0 Å². The molecule has 0 atom stereocenters. The van der Waals surface area contributed by atoms with Crippen molar-refractivity contribution in [2.24, 2.45) is 5.41 Å². The monoisotopic (exact) mass is 296 g/mol. The largest absolute Gasteiger partial charge is 0.481 e. The average Bonchev–Trinajstić information content (AvgIpc) is 2.84. The number of nitrogens with zero attached hydrogens (tertiary/aromatic N) is 3. The number of rotatable bonds is 5. The van der Waals surface area contributed by atoms with Crippen LogP contribution in [0.15, 0.2) is 4.42 Å². The van der Waals surface area contributed by atoms with E-state index < -0.39 is 11.4 Å². The minimum Gasteiger partial charge on any atom is -0.481 e. The van der Waals surface area contributed by atoms with Gasteiger partial charge in [-0.25, -0.2) is 0 Å². The molecule has 8 heteroatoms. The summed E-state index contributed by atoms with van der Waals surface area (Å²) in [6.07, 6.45) is 1.74.